The van der Waals surface area contributed by atoms with Crippen molar-refractivity contribution in [3.63, 3.8) is 0 Å². The van der Waals surface area contributed by atoms with Gasteiger partial charge in [-0.2, -0.15) is 13.2 Å². The van der Waals surface area contributed by atoms with Crippen LogP contribution in [0.15, 0.2) is 41.3 Å². The SMILES string of the molecule is O=c1ccc(C(F)(F)F)cn1Cc1ccc2c(c1)OCO2. The first-order valence-corrected chi connectivity index (χ1v) is 6.10. The fourth-order valence-electron chi connectivity index (χ4n) is 2.06. The van der Waals surface area contributed by atoms with E-state index in [9.17, 15) is 18.0 Å². The summed E-state index contributed by atoms with van der Waals surface area (Å²) in [4.78, 5) is 11.7. The largest absolute Gasteiger partial charge is 0.454 e. The summed E-state index contributed by atoms with van der Waals surface area (Å²) in [6.45, 7) is 0.141. The number of aromatic nitrogens is 1. The van der Waals surface area contributed by atoms with Crippen molar-refractivity contribution in [2.75, 3.05) is 6.79 Å². The fourth-order valence-corrected chi connectivity index (χ4v) is 2.06. The number of halogens is 3. The first kappa shape index (κ1) is 13.5. The van der Waals surface area contributed by atoms with E-state index in [-0.39, 0.29) is 13.3 Å². The zero-order chi connectivity index (χ0) is 15.0. The van der Waals surface area contributed by atoms with E-state index in [0.29, 0.717) is 17.1 Å². The highest BCUT2D eigenvalue weighted by Gasteiger charge is 2.31. The van der Waals surface area contributed by atoms with Crippen LogP contribution in [0.1, 0.15) is 11.1 Å². The lowest BCUT2D eigenvalue weighted by molar-refractivity contribution is -0.138. The highest BCUT2D eigenvalue weighted by Crippen LogP contribution is 2.33. The van der Waals surface area contributed by atoms with Gasteiger partial charge >= 0.3 is 6.18 Å². The third kappa shape index (κ3) is 2.72. The molecule has 1 aliphatic rings. The van der Waals surface area contributed by atoms with Crippen LogP contribution in [0.2, 0.25) is 0 Å². The number of rotatable bonds is 2. The second kappa shape index (κ2) is 4.83. The smallest absolute Gasteiger partial charge is 0.417 e. The zero-order valence-electron chi connectivity index (χ0n) is 10.7. The molecule has 2 heterocycles. The number of fused-ring (bicyclic) bond motifs is 1. The second-order valence-corrected chi connectivity index (χ2v) is 4.57. The predicted octanol–water partition coefficient (Wildman–Crippen LogP) is 2.64. The molecule has 0 spiro atoms. The van der Waals surface area contributed by atoms with E-state index in [4.69, 9.17) is 9.47 Å². The second-order valence-electron chi connectivity index (χ2n) is 4.57. The van der Waals surface area contributed by atoms with Crippen molar-refractivity contribution in [3.8, 4) is 11.5 Å². The monoisotopic (exact) mass is 297 g/mol. The van der Waals surface area contributed by atoms with Crippen molar-refractivity contribution < 1.29 is 22.6 Å². The third-order valence-electron chi connectivity index (χ3n) is 3.10. The number of pyridine rings is 1. The van der Waals surface area contributed by atoms with Gasteiger partial charge in [0.15, 0.2) is 11.5 Å². The lowest BCUT2D eigenvalue weighted by Gasteiger charge is -2.11. The molecule has 0 aliphatic carbocycles. The van der Waals surface area contributed by atoms with Gasteiger partial charge < -0.3 is 14.0 Å². The highest BCUT2D eigenvalue weighted by atomic mass is 19.4. The van der Waals surface area contributed by atoms with E-state index in [1.165, 1.54) is 0 Å². The summed E-state index contributed by atoms with van der Waals surface area (Å²) in [6.07, 6.45) is -3.67. The summed E-state index contributed by atoms with van der Waals surface area (Å²) in [6, 6.07) is 6.68. The lowest BCUT2D eigenvalue weighted by atomic mass is 10.2. The van der Waals surface area contributed by atoms with Gasteiger partial charge in [0.25, 0.3) is 5.56 Å². The van der Waals surface area contributed by atoms with Gasteiger partial charge in [0.2, 0.25) is 6.79 Å². The van der Waals surface area contributed by atoms with Crippen LogP contribution in [0.3, 0.4) is 0 Å². The minimum atomic E-state index is -4.48. The van der Waals surface area contributed by atoms with E-state index in [0.717, 1.165) is 22.9 Å². The number of hydrogen-bond acceptors (Lipinski definition) is 3. The van der Waals surface area contributed by atoms with Crippen molar-refractivity contribution in [2.24, 2.45) is 0 Å². The van der Waals surface area contributed by atoms with E-state index in [2.05, 4.69) is 0 Å². The topological polar surface area (TPSA) is 40.5 Å². The number of benzene rings is 1. The van der Waals surface area contributed by atoms with Crippen molar-refractivity contribution >= 4 is 0 Å². The van der Waals surface area contributed by atoms with Crippen LogP contribution in [-0.4, -0.2) is 11.4 Å². The Kier molecular flexibility index (Phi) is 3.12. The highest BCUT2D eigenvalue weighted by molar-refractivity contribution is 5.44. The molecule has 0 radical (unpaired) electrons. The molecule has 4 nitrogen and oxygen atoms in total. The Balaban J connectivity index is 1.93. The Morgan fingerprint density at radius 3 is 2.62 bits per heavy atom. The van der Waals surface area contributed by atoms with Crippen LogP contribution in [0.4, 0.5) is 13.2 Å². The minimum Gasteiger partial charge on any atom is -0.454 e. The van der Waals surface area contributed by atoms with Crippen LogP contribution in [-0.2, 0) is 12.7 Å². The minimum absolute atomic E-state index is 0.0272. The Morgan fingerprint density at radius 1 is 1.10 bits per heavy atom. The van der Waals surface area contributed by atoms with Crippen molar-refractivity contribution in [3.05, 3.63) is 58.0 Å². The molecule has 0 unspecified atom stereocenters. The predicted molar refractivity (Wildman–Crippen MR) is 67.4 cm³/mol. The molecule has 3 rings (SSSR count). The van der Waals surface area contributed by atoms with Gasteiger partial charge in [0, 0.05) is 12.3 Å². The van der Waals surface area contributed by atoms with Crippen LogP contribution in [0.25, 0.3) is 0 Å². The van der Waals surface area contributed by atoms with Gasteiger partial charge in [0.05, 0.1) is 12.1 Å². The van der Waals surface area contributed by atoms with Crippen LogP contribution in [0, 0.1) is 0 Å². The van der Waals surface area contributed by atoms with Gasteiger partial charge in [-0.3, -0.25) is 4.79 Å². The van der Waals surface area contributed by atoms with E-state index >= 15 is 0 Å². The van der Waals surface area contributed by atoms with Crippen molar-refractivity contribution in [1.82, 2.24) is 4.57 Å². The molecule has 1 aromatic heterocycles. The van der Waals surface area contributed by atoms with E-state index < -0.39 is 17.3 Å². The first-order chi connectivity index (χ1) is 9.93. The Hall–Kier alpha value is -2.44. The molecular weight excluding hydrogens is 287 g/mol. The molecule has 0 saturated heterocycles. The lowest BCUT2D eigenvalue weighted by Crippen LogP contribution is -2.21. The van der Waals surface area contributed by atoms with Gasteiger partial charge in [0.1, 0.15) is 0 Å². The molecule has 0 N–H and O–H groups in total. The van der Waals surface area contributed by atoms with Gasteiger partial charge in [-0.05, 0) is 23.8 Å². The fraction of sp³-hybridized carbons (Fsp3) is 0.214. The molecule has 0 saturated carbocycles. The number of nitrogens with zero attached hydrogens (tertiary/aromatic N) is 1. The molecule has 0 fully saturated rings. The average Bonchev–Trinajstić information content (AvgIpc) is 2.87. The van der Waals surface area contributed by atoms with Gasteiger partial charge in [-0.25, -0.2) is 0 Å². The molecule has 2 aromatic rings. The maximum atomic E-state index is 12.7. The number of ether oxygens (including phenoxy) is 2. The zero-order valence-corrected chi connectivity index (χ0v) is 10.7. The molecule has 7 heteroatoms. The van der Waals surface area contributed by atoms with E-state index in [1.54, 1.807) is 18.2 Å². The van der Waals surface area contributed by atoms with Crippen LogP contribution >= 0.6 is 0 Å². The molecule has 0 bridgehead atoms. The molecule has 1 aliphatic heterocycles. The Morgan fingerprint density at radius 2 is 1.86 bits per heavy atom. The van der Waals surface area contributed by atoms with Gasteiger partial charge in [-0.1, -0.05) is 6.07 Å². The quantitative estimate of drug-likeness (QED) is 0.855. The number of hydrogen-bond donors (Lipinski definition) is 0. The summed E-state index contributed by atoms with van der Waals surface area (Å²) in [5, 5.41) is 0. The van der Waals surface area contributed by atoms with Crippen molar-refractivity contribution in [1.29, 1.82) is 0 Å². The summed E-state index contributed by atoms with van der Waals surface area (Å²) < 4.78 is 49.4. The van der Waals surface area contributed by atoms with E-state index in [1.807, 2.05) is 0 Å². The Labute approximate surface area is 117 Å². The molecule has 0 atom stereocenters. The average molecular weight is 297 g/mol. The summed E-state index contributed by atoms with van der Waals surface area (Å²) in [5.41, 5.74) is -0.704. The first-order valence-electron chi connectivity index (χ1n) is 6.10. The number of alkyl halides is 3. The Bertz CT molecular complexity index is 737. The van der Waals surface area contributed by atoms with Gasteiger partial charge in [-0.15, -0.1) is 0 Å². The molecule has 1 aromatic carbocycles. The normalized spacial score (nSPS) is 13.5. The summed E-state index contributed by atoms with van der Waals surface area (Å²) in [5.74, 6) is 1.10. The molecule has 0 amide bonds. The van der Waals surface area contributed by atoms with Crippen LogP contribution < -0.4 is 15.0 Å². The standard InChI is InChI=1S/C14H10F3NO3/c15-14(16,17)10-2-4-13(19)18(7-10)6-9-1-3-11-12(5-9)21-8-20-11/h1-5,7H,6,8H2. The van der Waals surface area contributed by atoms with Crippen molar-refractivity contribution in [2.45, 2.75) is 12.7 Å². The summed E-state index contributed by atoms with van der Waals surface area (Å²) in [7, 11) is 0. The summed E-state index contributed by atoms with van der Waals surface area (Å²) >= 11 is 0. The third-order valence-corrected chi connectivity index (χ3v) is 3.10. The molecular formula is C14H10F3NO3. The maximum absolute atomic E-state index is 12.7. The molecule has 21 heavy (non-hydrogen) atoms. The van der Waals surface area contributed by atoms with Crippen LogP contribution in [0.5, 0.6) is 11.5 Å². The maximum Gasteiger partial charge on any atom is 0.417 e. The molecule has 110 valence electrons.